The first-order valence-corrected chi connectivity index (χ1v) is 8.23. The topological polar surface area (TPSA) is 83.9 Å². The second-order valence-electron chi connectivity index (χ2n) is 4.79. The largest absolute Gasteiger partial charge is 0.478 e. The quantitative estimate of drug-likeness (QED) is 0.823. The van der Waals surface area contributed by atoms with Crippen molar-refractivity contribution in [2.75, 3.05) is 20.3 Å². The molecule has 1 aromatic carbocycles. The number of methoxy groups -OCH3 is 1. The summed E-state index contributed by atoms with van der Waals surface area (Å²) in [5, 5.41) is 9.05. The maximum absolute atomic E-state index is 12.6. The number of carboxylic acids is 1. The summed E-state index contributed by atoms with van der Waals surface area (Å²) >= 11 is 5.77. The molecule has 0 bridgehead atoms. The van der Waals surface area contributed by atoms with E-state index < -0.39 is 16.0 Å². The van der Waals surface area contributed by atoms with E-state index in [-0.39, 0.29) is 34.7 Å². The van der Waals surface area contributed by atoms with Crippen LogP contribution in [0.1, 0.15) is 23.2 Å². The Labute approximate surface area is 128 Å². The van der Waals surface area contributed by atoms with Gasteiger partial charge < -0.3 is 9.84 Å². The number of nitrogens with zero attached hydrogens (tertiary/aromatic N) is 1. The molecule has 0 aliphatic heterocycles. The van der Waals surface area contributed by atoms with Crippen LogP contribution in [-0.2, 0) is 14.8 Å². The van der Waals surface area contributed by atoms with Gasteiger partial charge in [0.15, 0.2) is 0 Å². The summed E-state index contributed by atoms with van der Waals surface area (Å²) in [6, 6.07) is 3.68. The average molecular weight is 334 g/mol. The highest BCUT2D eigenvalue weighted by Gasteiger charge is 2.38. The van der Waals surface area contributed by atoms with E-state index >= 15 is 0 Å². The molecule has 8 heteroatoms. The van der Waals surface area contributed by atoms with Gasteiger partial charge in [-0.25, -0.2) is 13.2 Å². The molecule has 1 aliphatic rings. The number of ether oxygens (including phenoxy) is 1. The van der Waals surface area contributed by atoms with Crippen LogP contribution in [-0.4, -0.2) is 50.1 Å². The van der Waals surface area contributed by atoms with Gasteiger partial charge in [-0.1, -0.05) is 11.6 Å². The Kier molecular flexibility index (Phi) is 4.88. The molecule has 0 spiro atoms. The van der Waals surface area contributed by atoms with E-state index in [2.05, 4.69) is 0 Å². The Balaban J connectivity index is 2.37. The van der Waals surface area contributed by atoms with E-state index in [4.69, 9.17) is 21.4 Å². The fourth-order valence-corrected chi connectivity index (χ4v) is 3.90. The van der Waals surface area contributed by atoms with Crippen molar-refractivity contribution in [3.63, 3.8) is 0 Å². The summed E-state index contributed by atoms with van der Waals surface area (Å²) in [6.45, 7) is 0.531. The number of aromatic carboxylic acids is 1. The van der Waals surface area contributed by atoms with Crippen LogP contribution < -0.4 is 0 Å². The molecule has 1 saturated carbocycles. The Morgan fingerprint density at radius 2 is 2.14 bits per heavy atom. The highest BCUT2D eigenvalue weighted by atomic mass is 35.5. The summed E-state index contributed by atoms with van der Waals surface area (Å²) < 4.78 is 31.6. The van der Waals surface area contributed by atoms with Crippen molar-refractivity contribution in [3.05, 3.63) is 28.8 Å². The number of sulfonamides is 1. The van der Waals surface area contributed by atoms with Gasteiger partial charge in [-0.05, 0) is 31.0 Å². The number of hydrogen-bond donors (Lipinski definition) is 1. The Morgan fingerprint density at radius 3 is 2.67 bits per heavy atom. The number of halogens is 1. The molecular formula is C13H16ClNO5S. The van der Waals surface area contributed by atoms with Gasteiger partial charge in [-0.2, -0.15) is 4.31 Å². The normalized spacial score (nSPS) is 15.4. The standard InChI is InChI=1S/C13H16ClNO5S/c1-20-7-6-15(9-2-3-9)21(18,19)10-4-5-12(14)11(8-10)13(16)17/h4-5,8-9H,2-3,6-7H2,1H3,(H,16,17). The molecule has 0 unspecified atom stereocenters. The number of carboxylic acid groups (broad SMARTS) is 1. The molecule has 1 N–H and O–H groups in total. The molecule has 0 amide bonds. The number of hydrogen-bond acceptors (Lipinski definition) is 4. The third-order valence-electron chi connectivity index (χ3n) is 3.24. The highest BCUT2D eigenvalue weighted by Crippen LogP contribution is 2.32. The molecule has 6 nitrogen and oxygen atoms in total. The van der Waals surface area contributed by atoms with Gasteiger partial charge >= 0.3 is 5.97 Å². The Hall–Kier alpha value is -1.15. The van der Waals surface area contributed by atoms with E-state index in [9.17, 15) is 13.2 Å². The van der Waals surface area contributed by atoms with Gasteiger partial charge in [0.25, 0.3) is 0 Å². The molecule has 1 fully saturated rings. The summed E-state index contributed by atoms with van der Waals surface area (Å²) in [4.78, 5) is 11.0. The van der Waals surface area contributed by atoms with E-state index in [1.54, 1.807) is 0 Å². The number of benzene rings is 1. The molecule has 0 aromatic heterocycles. The van der Waals surface area contributed by atoms with E-state index in [0.29, 0.717) is 0 Å². The van der Waals surface area contributed by atoms with Crippen molar-refractivity contribution in [2.24, 2.45) is 0 Å². The average Bonchev–Trinajstić information content (AvgIpc) is 3.23. The maximum atomic E-state index is 12.6. The van der Waals surface area contributed by atoms with Gasteiger partial charge in [-0.3, -0.25) is 0 Å². The first-order chi connectivity index (χ1) is 9.87. The van der Waals surface area contributed by atoms with Crippen LogP contribution in [0.5, 0.6) is 0 Å². The Morgan fingerprint density at radius 1 is 1.48 bits per heavy atom. The summed E-state index contributed by atoms with van der Waals surface area (Å²) in [5.41, 5.74) is -0.222. The van der Waals surface area contributed by atoms with Crippen molar-refractivity contribution in [1.82, 2.24) is 4.31 Å². The lowest BCUT2D eigenvalue weighted by molar-refractivity contribution is 0.0697. The third kappa shape index (κ3) is 3.55. The van der Waals surface area contributed by atoms with Crippen LogP contribution in [0.3, 0.4) is 0 Å². The first kappa shape index (κ1) is 16.2. The van der Waals surface area contributed by atoms with Crippen molar-refractivity contribution in [1.29, 1.82) is 0 Å². The molecule has 0 saturated heterocycles. The van der Waals surface area contributed by atoms with Gasteiger partial charge in [0.05, 0.1) is 22.1 Å². The zero-order chi connectivity index (χ0) is 15.6. The van der Waals surface area contributed by atoms with Crippen LogP contribution in [0, 0.1) is 0 Å². The summed E-state index contributed by atoms with van der Waals surface area (Å²) in [6.07, 6.45) is 1.62. The maximum Gasteiger partial charge on any atom is 0.337 e. The fraction of sp³-hybridized carbons (Fsp3) is 0.462. The summed E-state index contributed by atoms with van der Waals surface area (Å²) in [5.74, 6) is -1.26. The molecule has 116 valence electrons. The Bertz CT molecular complexity index is 642. The lowest BCUT2D eigenvalue weighted by Gasteiger charge is -2.21. The lowest BCUT2D eigenvalue weighted by atomic mass is 10.2. The molecule has 1 aromatic rings. The predicted molar refractivity (Wildman–Crippen MR) is 77.2 cm³/mol. The van der Waals surface area contributed by atoms with Gasteiger partial charge in [0.2, 0.25) is 10.0 Å². The third-order valence-corrected chi connectivity index (χ3v) is 5.52. The first-order valence-electron chi connectivity index (χ1n) is 6.41. The zero-order valence-electron chi connectivity index (χ0n) is 11.5. The van der Waals surface area contributed by atoms with Crippen LogP contribution >= 0.6 is 11.6 Å². The molecule has 21 heavy (non-hydrogen) atoms. The van der Waals surface area contributed by atoms with Gasteiger partial charge in [-0.15, -0.1) is 0 Å². The van der Waals surface area contributed by atoms with Crippen LogP contribution in [0.4, 0.5) is 0 Å². The highest BCUT2D eigenvalue weighted by molar-refractivity contribution is 7.89. The minimum Gasteiger partial charge on any atom is -0.478 e. The molecule has 0 heterocycles. The second-order valence-corrected chi connectivity index (χ2v) is 7.08. The molecular weight excluding hydrogens is 318 g/mol. The number of rotatable bonds is 7. The fourth-order valence-electron chi connectivity index (χ4n) is 2.01. The zero-order valence-corrected chi connectivity index (χ0v) is 13.0. The second kappa shape index (κ2) is 6.31. The minimum absolute atomic E-state index is 0.0105. The van der Waals surface area contributed by atoms with Crippen molar-refractivity contribution in [2.45, 2.75) is 23.8 Å². The molecule has 1 aliphatic carbocycles. The molecule has 2 rings (SSSR count). The van der Waals surface area contributed by atoms with Crippen LogP contribution in [0.25, 0.3) is 0 Å². The van der Waals surface area contributed by atoms with Gasteiger partial charge in [0.1, 0.15) is 0 Å². The van der Waals surface area contributed by atoms with Crippen molar-refractivity contribution < 1.29 is 23.1 Å². The van der Waals surface area contributed by atoms with E-state index in [1.807, 2.05) is 0 Å². The van der Waals surface area contributed by atoms with Crippen LogP contribution in [0.2, 0.25) is 5.02 Å². The SMILES string of the molecule is COCCN(C1CC1)S(=O)(=O)c1ccc(Cl)c(C(=O)O)c1. The monoisotopic (exact) mass is 333 g/mol. The molecule has 0 radical (unpaired) electrons. The van der Waals surface area contributed by atoms with E-state index in [1.165, 1.54) is 23.5 Å². The van der Waals surface area contributed by atoms with E-state index in [0.717, 1.165) is 18.9 Å². The van der Waals surface area contributed by atoms with Crippen molar-refractivity contribution in [3.8, 4) is 0 Å². The van der Waals surface area contributed by atoms with Gasteiger partial charge in [0, 0.05) is 19.7 Å². The molecule has 0 atom stereocenters. The predicted octanol–water partition coefficient (Wildman–Crippen LogP) is 1.84. The number of carbonyl (C=O) groups is 1. The van der Waals surface area contributed by atoms with Crippen LogP contribution in [0.15, 0.2) is 23.1 Å². The lowest BCUT2D eigenvalue weighted by Crippen LogP contribution is -2.35. The minimum atomic E-state index is -3.75. The smallest absolute Gasteiger partial charge is 0.337 e. The summed E-state index contributed by atoms with van der Waals surface area (Å²) in [7, 11) is -2.25. The van der Waals surface area contributed by atoms with Crippen molar-refractivity contribution >= 4 is 27.6 Å².